The number of aryl methyl sites for hydroxylation is 1. The SMILES string of the molecule is Cc1ccc(S(=O)Nc2ccccc2CNc2cccc(Br)c2)cc1. The molecule has 5 heteroatoms. The monoisotopic (exact) mass is 414 g/mol. The summed E-state index contributed by atoms with van der Waals surface area (Å²) in [5, 5.41) is 3.39. The van der Waals surface area contributed by atoms with Crippen molar-refractivity contribution in [3.05, 3.63) is 88.4 Å². The molecule has 0 amide bonds. The molecular formula is C20H19BrN2OS. The van der Waals surface area contributed by atoms with Gasteiger partial charge in [-0.1, -0.05) is 57.9 Å². The summed E-state index contributed by atoms with van der Waals surface area (Å²) in [6.45, 7) is 2.66. The van der Waals surface area contributed by atoms with Gasteiger partial charge in [-0.2, -0.15) is 0 Å². The Bertz CT molecular complexity index is 881. The van der Waals surface area contributed by atoms with Crippen LogP contribution in [0.4, 0.5) is 11.4 Å². The lowest BCUT2D eigenvalue weighted by molar-refractivity contribution is 0.686. The Hall–Kier alpha value is -2.11. The third kappa shape index (κ3) is 4.94. The first-order valence-electron chi connectivity index (χ1n) is 7.94. The summed E-state index contributed by atoms with van der Waals surface area (Å²) in [5.41, 5.74) is 4.11. The van der Waals surface area contributed by atoms with Crippen LogP contribution in [0.1, 0.15) is 11.1 Å². The minimum absolute atomic E-state index is 0.644. The van der Waals surface area contributed by atoms with Gasteiger partial charge in [0.05, 0.1) is 10.6 Å². The molecule has 3 aromatic carbocycles. The quantitative estimate of drug-likeness (QED) is 0.558. The van der Waals surface area contributed by atoms with Crippen molar-refractivity contribution in [2.45, 2.75) is 18.4 Å². The Morgan fingerprint density at radius 2 is 1.72 bits per heavy atom. The van der Waals surface area contributed by atoms with Crippen LogP contribution >= 0.6 is 15.9 Å². The van der Waals surface area contributed by atoms with Crippen LogP contribution < -0.4 is 10.0 Å². The summed E-state index contributed by atoms with van der Waals surface area (Å²) >= 11 is 3.47. The van der Waals surface area contributed by atoms with Crippen LogP contribution in [-0.2, 0) is 17.5 Å². The largest absolute Gasteiger partial charge is 0.381 e. The van der Waals surface area contributed by atoms with Crippen LogP contribution in [0.5, 0.6) is 0 Å². The molecule has 0 aromatic heterocycles. The molecule has 3 rings (SSSR count). The Morgan fingerprint density at radius 1 is 0.960 bits per heavy atom. The maximum atomic E-state index is 12.6. The molecule has 0 radical (unpaired) electrons. The molecule has 0 fully saturated rings. The van der Waals surface area contributed by atoms with E-state index in [1.54, 1.807) is 0 Å². The van der Waals surface area contributed by atoms with Crippen LogP contribution in [0.25, 0.3) is 0 Å². The number of benzene rings is 3. The molecule has 0 aliphatic heterocycles. The highest BCUT2D eigenvalue weighted by Crippen LogP contribution is 2.21. The molecule has 0 aliphatic rings. The maximum absolute atomic E-state index is 12.6. The van der Waals surface area contributed by atoms with E-state index in [0.717, 1.165) is 31.9 Å². The van der Waals surface area contributed by atoms with Crippen LogP contribution in [0.2, 0.25) is 0 Å². The highest BCUT2D eigenvalue weighted by molar-refractivity contribution is 9.10. The number of hydrogen-bond donors (Lipinski definition) is 2. The smallest absolute Gasteiger partial charge is 0.150 e. The predicted molar refractivity (Wildman–Crippen MR) is 109 cm³/mol. The first kappa shape index (κ1) is 17.7. The lowest BCUT2D eigenvalue weighted by atomic mass is 10.2. The van der Waals surface area contributed by atoms with E-state index >= 15 is 0 Å². The standard InChI is InChI=1S/C20H19BrN2OS/c1-15-9-11-19(12-10-15)25(24)23-20-8-3-2-5-16(20)14-22-18-7-4-6-17(21)13-18/h2-13,22-23H,14H2,1H3. The zero-order valence-corrected chi connectivity index (χ0v) is 16.2. The lowest BCUT2D eigenvalue weighted by Crippen LogP contribution is -2.09. The number of nitrogens with one attached hydrogen (secondary N) is 2. The molecule has 0 spiro atoms. The average molecular weight is 415 g/mol. The average Bonchev–Trinajstić information content (AvgIpc) is 2.61. The molecule has 3 aromatic rings. The summed E-state index contributed by atoms with van der Waals surface area (Å²) in [4.78, 5) is 0.764. The topological polar surface area (TPSA) is 41.1 Å². The predicted octanol–water partition coefficient (Wildman–Crippen LogP) is 5.50. The minimum Gasteiger partial charge on any atom is -0.381 e. The second-order valence-electron chi connectivity index (χ2n) is 5.70. The fourth-order valence-corrected chi connectivity index (χ4v) is 3.69. The van der Waals surface area contributed by atoms with Gasteiger partial charge in [0.2, 0.25) is 0 Å². The van der Waals surface area contributed by atoms with Crippen molar-refractivity contribution >= 4 is 38.3 Å². The Labute approximate surface area is 159 Å². The summed E-state index contributed by atoms with van der Waals surface area (Å²) in [6, 6.07) is 23.6. The van der Waals surface area contributed by atoms with Gasteiger partial charge in [-0.3, -0.25) is 0 Å². The Morgan fingerprint density at radius 3 is 2.48 bits per heavy atom. The lowest BCUT2D eigenvalue weighted by Gasteiger charge is -2.13. The molecular weight excluding hydrogens is 396 g/mol. The molecule has 0 aliphatic carbocycles. The molecule has 25 heavy (non-hydrogen) atoms. The fourth-order valence-electron chi connectivity index (χ4n) is 2.39. The van der Waals surface area contributed by atoms with Crippen LogP contribution in [0.15, 0.2) is 82.2 Å². The molecule has 1 atom stereocenters. The molecule has 0 saturated carbocycles. The summed E-state index contributed by atoms with van der Waals surface area (Å²) in [7, 11) is -1.29. The molecule has 2 N–H and O–H groups in total. The van der Waals surface area contributed by atoms with Crippen LogP contribution in [0.3, 0.4) is 0 Å². The first-order chi connectivity index (χ1) is 12.1. The van der Waals surface area contributed by atoms with Gasteiger partial charge in [-0.15, -0.1) is 0 Å². The van der Waals surface area contributed by atoms with E-state index in [4.69, 9.17) is 0 Å². The van der Waals surface area contributed by atoms with Crippen LogP contribution in [0, 0.1) is 6.92 Å². The summed E-state index contributed by atoms with van der Waals surface area (Å²) in [5.74, 6) is 0. The summed E-state index contributed by atoms with van der Waals surface area (Å²) < 4.78 is 16.7. The van der Waals surface area contributed by atoms with Crippen molar-refractivity contribution in [1.29, 1.82) is 0 Å². The second-order valence-corrected chi connectivity index (χ2v) is 7.83. The van der Waals surface area contributed by atoms with E-state index in [-0.39, 0.29) is 0 Å². The van der Waals surface area contributed by atoms with Gasteiger partial charge in [-0.25, -0.2) is 4.21 Å². The van der Waals surface area contributed by atoms with Crippen LogP contribution in [-0.4, -0.2) is 4.21 Å². The summed E-state index contributed by atoms with van der Waals surface area (Å²) in [6.07, 6.45) is 0. The second kappa shape index (κ2) is 8.32. The molecule has 128 valence electrons. The van der Waals surface area contributed by atoms with E-state index in [0.29, 0.717) is 6.54 Å². The van der Waals surface area contributed by atoms with Gasteiger partial charge in [0.15, 0.2) is 0 Å². The third-order valence-corrected chi connectivity index (χ3v) is 5.36. The van der Waals surface area contributed by atoms with Gasteiger partial charge in [0.25, 0.3) is 0 Å². The number of para-hydroxylation sites is 1. The molecule has 0 bridgehead atoms. The molecule has 1 unspecified atom stereocenters. The zero-order chi connectivity index (χ0) is 17.6. The Kier molecular flexibility index (Phi) is 5.89. The van der Waals surface area contributed by atoms with E-state index in [2.05, 4.69) is 26.0 Å². The number of halogens is 1. The zero-order valence-electron chi connectivity index (χ0n) is 13.8. The van der Waals surface area contributed by atoms with Gasteiger partial charge in [0, 0.05) is 16.7 Å². The normalized spacial score (nSPS) is 11.8. The van der Waals surface area contributed by atoms with E-state index < -0.39 is 11.0 Å². The maximum Gasteiger partial charge on any atom is 0.150 e. The van der Waals surface area contributed by atoms with Crippen molar-refractivity contribution in [3.8, 4) is 0 Å². The van der Waals surface area contributed by atoms with Crippen molar-refractivity contribution in [2.75, 3.05) is 10.0 Å². The Balaban J connectivity index is 1.72. The van der Waals surface area contributed by atoms with Gasteiger partial charge in [0.1, 0.15) is 11.0 Å². The van der Waals surface area contributed by atoms with Crippen molar-refractivity contribution in [3.63, 3.8) is 0 Å². The van der Waals surface area contributed by atoms with E-state index in [1.165, 1.54) is 0 Å². The first-order valence-corrected chi connectivity index (χ1v) is 9.88. The van der Waals surface area contributed by atoms with Gasteiger partial charge in [-0.05, 0) is 48.9 Å². The number of hydrogen-bond acceptors (Lipinski definition) is 2. The van der Waals surface area contributed by atoms with E-state index in [1.807, 2.05) is 79.7 Å². The fraction of sp³-hybridized carbons (Fsp3) is 0.100. The number of rotatable bonds is 6. The third-order valence-electron chi connectivity index (χ3n) is 3.76. The van der Waals surface area contributed by atoms with Crippen molar-refractivity contribution in [1.82, 2.24) is 0 Å². The molecule has 0 saturated heterocycles. The molecule has 0 heterocycles. The molecule has 3 nitrogen and oxygen atoms in total. The van der Waals surface area contributed by atoms with Gasteiger partial charge < -0.3 is 10.0 Å². The van der Waals surface area contributed by atoms with Crippen molar-refractivity contribution in [2.24, 2.45) is 0 Å². The number of anilines is 2. The van der Waals surface area contributed by atoms with Gasteiger partial charge >= 0.3 is 0 Å². The highest BCUT2D eigenvalue weighted by Gasteiger charge is 2.07. The van der Waals surface area contributed by atoms with E-state index in [9.17, 15) is 4.21 Å². The minimum atomic E-state index is -1.29. The highest BCUT2D eigenvalue weighted by atomic mass is 79.9. The van der Waals surface area contributed by atoms with Crippen molar-refractivity contribution < 1.29 is 4.21 Å².